The van der Waals surface area contributed by atoms with Crippen LogP contribution in [0.3, 0.4) is 0 Å². The molecular formula is C14H10ClNO2. The molecule has 2 aromatic rings. The molecule has 0 radical (unpaired) electrons. The lowest BCUT2D eigenvalue weighted by Crippen LogP contribution is -2.25. The van der Waals surface area contributed by atoms with Crippen LogP contribution in [0.4, 0.5) is 5.69 Å². The Kier molecular flexibility index (Phi) is 2.68. The van der Waals surface area contributed by atoms with Crippen LogP contribution in [-0.2, 0) is 4.74 Å². The number of halogens is 1. The van der Waals surface area contributed by atoms with Crippen molar-refractivity contribution in [1.82, 2.24) is 0 Å². The molecular weight excluding hydrogens is 250 g/mol. The lowest BCUT2D eigenvalue weighted by Gasteiger charge is -2.27. The average Bonchev–Trinajstić information content (AvgIpc) is 2.40. The van der Waals surface area contributed by atoms with Crippen LogP contribution < -0.4 is 5.32 Å². The molecule has 0 aliphatic carbocycles. The Labute approximate surface area is 109 Å². The predicted octanol–water partition coefficient (Wildman–Crippen LogP) is 3.62. The van der Waals surface area contributed by atoms with Crippen molar-refractivity contribution in [3.8, 4) is 0 Å². The van der Waals surface area contributed by atoms with Crippen LogP contribution >= 0.6 is 11.6 Å². The zero-order chi connectivity index (χ0) is 12.5. The molecule has 1 heterocycles. The molecule has 1 atom stereocenters. The highest BCUT2D eigenvalue weighted by Crippen LogP contribution is 2.31. The second-order valence-corrected chi connectivity index (χ2v) is 4.47. The van der Waals surface area contributed by atoms with Crippen LogP contribution in [0.15, 0.2) is 48.5 Å². The summed E-state index contributed by atoms with van der Waals surface area (Å²) < 4.78 is 5.35. The van der Waals surface area contributed by atoms with E-state index in [1.165, 1.54) is 0 Å². The summed E-state index contributed by atoms with van der Waals surface area (Å²) in [6, 6.07) is 14.7. The highest BCUT2D eigenvalue weighted by molar-refractivity contribution is 6.31. The number of hydrogen-bond donors (Lipinski definition) is 1. The maximum Gasteiger partial charge on any atom is 0.342 e. The van der Waals surface area contributed by atoms with Crippen molar-refractivity contribution in [2.45, 2.75) is 6.23 Å². The Morgan fingerprint density at radius 3 is 2.67 bits per heavy atom. The Balaban J connectivity index is 1.97. The van der Waals surface area contributed by atoms with Gasteiger partial charge in [0.2, 0.25) is 0 Å². The Bertz CT molecular complexity index is 598. The number of hydrogen-bond acceptors (Lipinski definition) is 3. The van der Waals surface area contributed by atoms with E-state index in [4.69, 9.17) is 16.3 Å². The van der Waals surface area contributed by atoms with Crippen molar-refractivity contribution in [2.75, 3.05) is 5.32 Å². The first kappa shape index (κ1) is 11.1. The van der Waals surface area contributed by atoms with E-state index in [9.17, 15) is 4.79 Å². The van der Waals surface area contributed by atoms with Crippen molar-refractivity contribution in [3.05, 3.63) is 64.7 Å². The fraction of sp³-hybridized carbons (Fsp3) is 0.0714. The van der Waals surface area contributed by atoms with E-state index < -0.39 is 6.23 Å². The largest absolute Gasteiger partial charge is 0.434 e. The summed E-state index contributed by atoms with van der Waals surface area (Å²) in [6.45, 7) is 0. The van der Waals surface area contributed by atoms with Crippen molar-refractivity contribution in [2.24, 2.45) is 0 Å². The number of anilines is 1. The van der Waals surface area contributed by atoms with E-state index in [0.29, 0.717) is 10.6 Å². The van der Waals surface area contributed by atoms with Gasteiger partial charge < -0.3 is 10.1 Å². The number of nitrogens with one attached hydrogen (secondary N) is 1. The van der Waals surface area contributed by atoms with Gasteiger partial charge in [0.25, 0.3) is 0 Å². The van der Waals surface area contributed by atoms with Gasteiger partial charge in [0, 0.05) is 10.6 Å². The minimum absolute atomic E-state index is 0.361. The molecule has 1 N–H and O–H groups in total. The zero-order valence-corrected chi connectivity index (χ0v) is 10.1. The maximum absolute atomic E-state index is 11.9. The molecule has 0 unspecified atom stereocenters. The van der Waals surface area contributed by atoms with Crippen LogP contribution in [0, 0.1) is 0 Å². The number of rotatable bonds is 1. The maximum atomic E-state index is 11.9. The summed E-state index contributed by atoms with van der Waals surface area (Å²) in [5.74, 6) is -0.361. The molecule has 3 nitrogen and oxygen atoms in total. The van der Waals surface area contributed by atoms with Gasteiger partial charge in [-0.25, -0.2) is 4.79 Å². The molecule has 4 heteroatoms. The molecule has 2 aromatic carbocycles. The molecule has 0 amide bonds. The first-order chi connectivity index (χ1) is 8.74. The molecule has 90 valence electrons. The third-order valence-electron chi connectivity index (χ3n) is 2.82. The molecule has 0 aromatic heterocycles. The fourth-order valence-electron chi connectivity index (χ4n) is 1.93. The summed E-state index contributed by atoms with van der Waals surface area (Å²) in [6.07, 6.45) is -0.452. The highest BCUT2D eigenvalue weighted by Gasteiger charge is 2.26. The average molecular weight is 260 g/mol. The second kappa shape index (κ2) is 4.35. The standard InChI is InChI=1S/C14H10ClNO2/c15-10-6-7-12-11(8-10)14(17)18-13(16-12)9-4-2-1-3-5-9/h1-8,13,16H/t13-/m1/s1. The summed E-state index contributed by atoms with van der Waals surface area (Å²) in [5, 5.41) is 3.69. The molecule has 3 rings (SSSR count). The topological polar surface area (TPSA) is 38.3 Å². The second-order valence-electron chi connectivity index (χ2n) is 4.03. The third kappa shape index (κ3) is 1.93. The lowest BCUT2D eigenvalue weighted by molar-refractivity contribution is 0.0330. The molecule has 1 aliphatic rings. The van der Waals surface area contributed by atoms with Gasteiger partial charge in [-0.1, -0.05) is 41.9 Å². The first-order valence-corrected chi connectivity index (χ1v) is 5.94. The van der Waals surface area contributed by atoms with Gasteiger partial charge in [0.05, 0.1) is 11.3 Å². The van der Waals surface area contributed by atoms with E-state index in [2.05, 4.69) is 5.32 Å². The van der Waals surface area contributed by atoms with Gasteiger partial charge in [-0.15, -0.1) is 0 Å². The minimum Gasteiger partial charge on any atom is -0.434 e. The molecule has 0 spiro atoms. The van der Waals surface area contributed by atoms with Gasteiger partial charge in [-0.2, -0.15) is 0 Å². The Morgan fingerprint density at radius 2 is 1.89 bits per heavy atom. The number of carbonyl (C=O) groups is 1. The monoisotopic (exact) mass is 259 g/mol. The number of benzene rings is 2. The van der Waals surface area contributed by atoms with E-state index in [0.717, 1.165) is 11.3 Å². The van der Waals surface area contributed by atoms with Crippen LogP contribution in [-0.4, -0.2) is 5.97 Å². The Hall–Kier alpha value is -2.00. The predicted molar refractivity (Wildman–Crippen MR) is 69.7 cm³/mol. The first-order valence-electron chi connectivity index (χ1n) is 5.56. The summed E-state index contributed by atoms with van der Waals surface area (Å²) >= 11 is 5.86. The van der Waals surface area contributed by atoms with E-state index in [1.54, 1.807) is 18.2 Å². The van der Waals surface area contributed by atoms with Gasteiger partial charge >= 0.3 is 5.97 Å². The number of ether oxygens (including phenoxy) is 1. The molecule has 0 saturated carbocycles. The SMILES string of the molecule is O=C1O[C@H](c2ccccc2)Nc2ccc(Cl)cc21. The summed E-state index contributed by atoms with van der Waals surface area (Å²) in [7, 11) is 0. The quantitative estimate of drug-likeness (QED) is 0.795. The van der Waals surface area contributed by atoms with Gasteiger partial charge in [-0.05, 0) is 18.2 Å². The number of esters is 1. The molecule has 0 fully saturated rings. The lowest BCUT2D eigenvalue weighted by atomic mass is 10.1. The zero-order valence-electron chi connectivity index (χ0n) is 9.39. The summed E-state index contributed by atoms with van der Waals surface area (Å²) in [4.78, 5) is 11.9. The van der Waals surface area contributed by atoms with Crippen molar-refractivity contribution in [1.29, 1.82) is 0 Å². The highest BCUT2D eigenvalue weighted by atomic mass is 35.5. The smallest absolute Gasteiger partial charge is 0.342 e. The number of cyclic esters (lactones) is 1. The van der Waals surface area contributed by atoms with Gasteiger partial charge in [0.15, 0.2) is 6.23 Å². The van der Waals surface area contributed by atoms with E-state index >= 15 is 0 Å². The molecule has 1 aliphatic heterocycles. The molecule has 18 heavy (non-hydrogen) atoms. The summed E-state index contributed by atoms with van der Waals surface area (Å²) in [5.41, 5.74) is 2.12. The van der Waals surface area contributed by atoms with Crippen LogP contribution in [0.25, 0.3) is 0 Å². The van der Waals surface area contributed by atoms with Crippen LogP contribution in [0.2, 0.25) is 5.02 Å². The van der Waals surface area contributed by atoms with Crippen LogP contribution in [0.1, 0.15) is 22.1 Å². The Morgan fingerprint density at radius 1 is 1.11 bits per heavy atom. The van der Waals surface area contributed by atoms with Gasteiger partial charge in [0.1, 0.15) is 0 Å². The van der Waals surface area contributed by atoms with Crippen molar-refractivity contribution in [3.63, 3.8) is 0 Å². The third-order valence-corrected chi connectivity index (χ3v) is 3.05. The van der Waals surface area contributed by atoms with Crippen LogP contribution in [0.5, 0.6) is 0 Å². The number of carbonyl (C=O) groups excluding carboxylic acids is 1. The number of fused-ring (bicyclic) bond motifs is 1. The molecule has 0 bridgehead atoms. The minimum atomic E-state index is -0.452. The van der Waals surface area contributed by atoms with E-state index in [-0.39, 0.29) is 5.97 Å². The molecule has 0 saturated heterocycles. The normalized spacial score (nSPS) is 17.6. The van der Waals surface area contributed by atoms with Gasteiger partial charge in [-0.3, -0.25) is 0 Å². The van der Waals surface area contributed by atoms with E-state index in [1.807, 2.05) is 30.3 Å². The van der Waals surface area contributed by atoms with Crippen molar-refractivity contribution >= 4 is 23.3 Å². The fourth-order valence-corrected chi connectivity index (χ4v) is 2.10. The van der Waals surface area contributed by atoms with Crippen molar-refractivity contribution < 1.29 is 9.53 Å².